The highest BCUT2D eigenvalue weighted by Gasteiger charge is 2.12. The lowest BCUT2D eigenvalue weighted by atomic mass is 10.1. The summed E-state index contributed by atoms with van der Waals surface area (Å²) in [5.74, 6) is 15.2. The van der Waals surface area contributed by atoms with Crippen molar-refractivity contribution in [3.05, 3.63) is 131 Å². The number of pyridine rings is 2. The summed E-state index contributed by atoms with van der Waals surface area (Å²) in [6.45, 7) is 2.66. The average molecular weight is 663 g/mol. The molecule has 0 aliphatic carbocycles. The van der Waals surface area contributed by atoms with E-state index in [0.29, 0.717) is 87.2 Å². The summed E-state index contributed by atoms with van der Waals surface area (Å²) in [5, 5.41) is 1.92. The van der Waals surface area contributed by atoms with Crippen molar-refractivity contribution in [1.82, 2.24) is 9.97 Å². The van der Waals surface area contributed by atoms with E-state index in [-0.39, 0.29) is 0 Å². The molecule has 8 heteroatoms. The second kappa shape index (κ2) is 16.4. The quantitative estimate of drug-likeness (QED) is 0.0994. The number of rotatable bonds is 0. The van der Waals surface area contributed by atoms with Crippen molar-refractivity contribution in [3.8, 4) is 46.9 Å². The van der Waals surface area contributed by atoms with Gasteiger partial charge in [0, 0.05) is 46.2 Å². The van der Waals surface area contributed by atoms with Gasteiger partial charge in [-0.05, 0) is 36.4 Å². The van der Waals surface area contributed by atoms with Gasteiger partial charge in [-0.15, -0.1) is 0 Å². The van der Waals surface area contributed by atoms with Crippen molar-refractivity contribution in [2.24, 2.45) is 0 Å². The van der Waals surface area contributed by atoms with E-state index >= 15 is 0 Å². The molecule has 0 fully saturated rings. The van der Waals surface area contributed by atoms with Crippen LogP contribution in [0.25, 0.3) is 21.8 Å². The van der Waals surface area contributed by atoms with Crippen molar-refractivity contribution in [3.63, 3.8) is 0 Å². The Kier molecular flexibility index (Phi) is 10.6. The van der Waals surface area contributed by atoms with Crippen LogP contribution in [0.1, 0.15) is 22.3 Å². The van der Waals surface area contributed by atoms with Gasteiger partial charge in [-0.1, -0.05) is 72.2 Å². The first-order chi connectivity index (χ1) is 24.8. The van der Waals surface area contributed by atoms with E-state index in [0.717, 1.165) is 32.9 Å². The second-order valence-electron chi connectivity index (χ2n) is 11.2. The van der Waals surface area contributed by atoms with E-state index in [4.69, 9.17) is 38.4 Å². The molecule has 0 saturated carbocycles. The predicted molar refractivity (Wildman–Crippen MR) is 192 cm³/mol. The van der Waals surface area contributed by atoms with Crippen LogP contribution in [0.15, 0.2) is 109 Å². The van der Waals surface area contributed by atoms with Gasteiger partial charge in [0.05, 0.1) is 37.6 Å². The third-order valence-electron chi connectivity index (χ3n) is 7.71. The molecule has 0 radical (unpaired) electrons. The first-order valence-corrected chi connectivity index (χ1v) is 16.5. The van der Waals surface area contributed by atoms with Crippen LogP contribution < -0.4 is 18.9 Å². The molecule has 8 rings (SSSR count). The molecule has 0 N–H and O–H groups in total. The third kappa shape index (κ3) is 8.50. The summed E-state index contributed by atoms with van der Waals surface area (Å²) in [6, 6.07) is 35.1. The maximum atomic E-state index is 6.24. The highest BCUT2D eigenvalue weighted by atomic mass is 16.6. The molecule has 2 aliphatic heterocycles. The van der Waals surface area contributed by atoms with Crippen molar-refractivity contribution < 1.29 is 28.4 Å². The molecule has 2 aromatic heterocycles. The van der Waals surface area contributed by atoms with Gasteiger partial charge in [0.25, 0.3) is 0 Å². The molecular weight excluding hydrogens is 628 g/mol. The van der Waals surface area contributed by atoms with E-state index in [2.05, 4.69) is 23.7 Å². The van der Waals surface area contributed by atoms with E-state index in [1.54, 1.807) is 0 Å². The van der Waals surface area contributed by atoms with Gasteiger partial charge < -0.3 is 28.4 Å². The fourth-order valence-electron chi connectivity index (χ4n) is 5.24. The van der Waals surface area contributed by atoms with E-state index in [9.17, 15) is 0 Å². The maximum absolute atomic E-state index is 6.24. The molecule has 4 heterocycles. The fourth-order valence-corrected chi connectivity index (χ4v) is 5.24. The number of fused-ring (bicyclic) bond motifs is 14. The normalized spacial score (nSPS) is 13.9. The number of ether oxygens (including phenoxy) is 6. The lowest BCUT2D eigenvalue weighted by Gasteiger charge is -2.14. The predicted octanol–water partition coefficient (Wildman–Crippen LogP) is 6.84. The zero-order valence-electron chi connectivity index (χ0n) is 27.4. The van der Waals surface area contributed by atoms with Gasteiger partial charge in [-0.25, -0.2) is 9.97 Å². The Bertz CT molecular complexity index is 2040. The van der Waals surface area contributed by atoms with Crippen LogP contribution in [0, 0.1) is 23.7 Å². The highest BCUT2D eigenvalue weighted by Crippen LogP contribution is 2.29. The first kappa shape index (κ1) is 32.5. The molecule has 50 heavy (non-hydrogen) atoms. The van der Waals surface area contributed by atoms with Crippen molar-refractivity contribution in [2.45, 2.75) is 0 Å². The van der Waals surface area contributed by atoms with Gasteiger partial charge in [-0.3, -0.25) is 0 Å². The molecule has 0 unspecified atom stereocenters. The fraction of sp³-hybridized carbons (Fsp3) is 0.190. The summed E-state index contributed by atoms with van der Waals surface area (Å²) >= 11 is 0. The van der Waals surface area contributed by atoms with Gasteiger partial charge in [0.1, 0.15) is 49.0 Å². The summed E-state index contributed by atoms with van der Waals surface area (Å²) in [7, 11) is 0. The zero-order chi connectivity index (χ0) is 33.8. The lowest BCUT2D eigenvalue weighted by Crippen LogP contribution is -2.14. The van der Waals surface area contributed by atoms with Crippen LogP contribution in [0.2, 0.25) is 0 Å². The number of hydrogen-bond donors (Lipinski definition) is 0. The summed E-state index contributed by atoms with van der Waals surface area (Å²) in [6.07, 6.45) is 0. The highest BCUT2D eigenvalue weighted by molar-refractivity contribution is 6.03. The lowest BCUT2D eigenvalue weighted by molar-refractivity contribution is 0.0744. The summed E-state index contributed by atoms with van der Waals surface area (Å²) in [5.41, 5.74) is 4.61. The van der Waals surface area contributed by atoms with E-state index < -0.39 is 0 Å². The Morgan fingerprint density at radius 2 is 0.800 bits per heavy atom. The molecule has 0 spiro atoms. The summed E-state index contributed by atoms with van der Waals surface area (Å²) < 4.78 is 36.1. The van der Waals surface area contributed by atoms with Crippen LogP contribution in [-0.2, 0) is 9.47 Å². The van der Waals surface area contributed by atoms with Gasteiger partial charge in [-0.2, -0.15) is 0 Å². The largest absolute Gasteiger partial charge is 0.490 e. The van der Waals surface area contributed by atoms with Crippen LogP contribution in [0.4, 0.5) is 0 Å². The van der Waals surface area contributed by atoms with E-state index in [1.165, 1.54) is 0 Å². The molecule has 2 aliphatic rings. The molecule has 4 aromatic carbocycles. The standard InChI is InChI=1S/C42H34N2O6/c1-3-7-31(8-4-1)11-13-35-29-38-36(14-12-32-9-5-2-6-10-32)30-37(35)47-25-21-45-23-27-49-39-19-17-33-15-16-34-18-20-40(44-42(34)41(33)43-39)50-28-24-46-22-26-48-38/h1-10,15-20,29-30H,21-28H2. The van der Waals surface area contributed by atoms with Crippen LogP contribution in [0.5, 0.6) is 23.3 Å². The monoisotopic (exact) mass is 662 g/mol. The maximum Gasteiger partial charge on any atom is 0.213 e. The van der Waals surface area contributed by atoms with Crippen LogP contribution in [-0.4, -0.2) is 62.8 Å². The molecule has 0 atom stereocenters. The second-order valence-corrected chi connectivity index (χ2v) is 11.2. The molecular formula is C42H34N2O6. The van der Waals surface area contributed by atoms with Gasteiger partial charge >= 0.3 is 0 Å². The Balaban J connectivity index is 1.14. The van der Waals surface area contributed by atoms with E-state index in [1.807, 2.05) is 109 Å². The Morgan fingerprint density at radius 3 is 1.24 bits per heavy atom. The molecule has 6 bridgehead atoms. The van der Waals surface area contributed by atoms with Crippen LogP contribution in [0.3, 0.4) is 0 Å². The minimum atomic E-state index is 0.301. The smallest absolute Gasteiger partial charge is 0.213 e. The van der Waals surface area contributed by atoms with Crippen molar-refractivity contribution in [1.29, 1.82) is 0 Å². The zero-order valence-corrected chi connectivity index (χ0v) is 27.4. The van der Waals surface area contributed by atoms with Crippen LogP contribution >= 0.6 is 0 Å². The van der Waals surface area contributed by atoms with Crippen molar-refractivity contribution in [2.75, 3.05) is 52.9 Å². The SMILES string of the molecule is C(#Cc1cc2c(C#Cc3ccccc3)cc1OCCOCCOc1ccc3ccc4ccc(nc4c3n1)OCCOCCO2)c1ccccc1. The Labute approximate surface area is 290 Å². The molecule has 0 saturated heterocycles. The minimum absolute atomic E-state index is 0.301. The molecule has 8 nitrogen and oxygen atoms in total. The van der Waals surface area contributed by atoms with Gasteiger partial charge in [0.15, 0.2) is 0 Å². The molecule has 248 valence electrons. The number of aromatic nitrogens is 2. The number of benzene rings is 4. The molecule has 0 amide bonds. The summed E-state index contributed by atoms with van der Waals surface area (Å²) in [4.78, 5) is 9.51. The third-order valence-corrected chi connectivity index (χ3v) is 7.71. The first-order valence-electron chi connectivity index (χ1n) is 16.5. The number of nitrogens with zero attached hydrogens (tertiary/aromatic N) is 2. The molecule has 6 aromatic rings. The minimum Gasteiger partial charge on any atom is -0.490 e. The topological polar surface area (TPSA) is 81.2 Å². The Morgan fingerprint density at radius 1 is 0.400 bits per heavy atom. The van der Waals surface area contributed by atoms with Gasteiger partial charge in [0.2, 0.25) is 11.8 Å². The average Bonchev–Trinajstić information content (AvgIpc) is 3.16. The van der Waals surface area contributed by atoms with Crippen molar-refractivity contribution >= 4 is 21.8 Å². The number of hydrogen-bond acceptors (Lipinski definition) is 8. The Hall–Kier alpha value is -6.06.